The number of esters is 1. The second-order valence-electron chi connectivity index (χ2n) is 4.22. The highest BCUT2D eigenvalue weighted by Crippen LogP contribution is 2.21. The molecule has 0 aliphatic heterocycles. The number of nitrogens with zero attached hydrogens (tertiary/aromatic N) is 5. The van der Waals surface area contributed by atoms with Crippen LogP contribution < -0.4 is 0 Å². The minimum Gasteiger partial charge on any atom is -0.452 e. The van der Waals surface area contributed by atoms with Crippen LogP contribution in [0.4, 0.5) is 0 Å². The highest BCUT2D eigenvalue weighted by atomic mass is 32.1. The van der Waals surface area contributed by atoms with Gasteiger partial charge in [0.15, 0.2) is 6.10 Å². The highest BCUT2D eigenvalue weighted by molar-refractivity contribution is 7.09. The van der Waals surface area contributed by atoms with Crippen LogP contribution in [0.25, 0.3) is 5.69 Å². The topological polar surface area (TPSA) is 82.8 Å². The minimum atomic E-state index is -0.410. The van der Waals surface area contributed by atoms with Crippen molar-refractivity contribution in [1.29, 1.82) is 0 Å². The van der Waals surface area contributed by atoms with Crippen molar-refractivity contribution in [2.24, 2.45) is 0 Å². The quantitative estimate of drug-likeness (QED) is 0.686. The monoisotopic (exact) mass is 301 g/mol. The second-order valence-corrected chi connectivity index (χ2v) is 5.15. The minimum absolute atomic E-state index is 0.380. The maximum atomic E-state index is 12.2. The summed E-state index contributed by atoms with van der Waals surface area (Å²) in [6.45, 7) is 1.79. The normalized spacial score (nSPS) is 12.0. The molecule has 1 atom stereocenters. The average molecular weight is 301 g/mol. The van der Waals surface area contributed by atoms with E-state index in [-0.39, 0.29) is 6.10 Å². The molecule has 0 unspecified atom stereocenters. The van der Waals surface area contributed by atoms with E-state index in [4.69, 9.17) is 4.74 Å². The van der Waals surface area contributed by atoms with Crippen molar-refractivity contribution in [2.75, 3.05) is 0 Å². The van der Waals surface area contributed by atoms with Crippen LogP contribution >= 0.6 is 11.3 Å². The van der Waals surface area contributed by atoms with E-state index in [1.165, 1.54) is 22.3 Å². The molecule has 1 aromatic carbocycles. The number of carbonyl (C=O) groups excluding carboxylic acids is 1. The van der Waals surface area contributed by atoms with E-state index < -0.39 is 5.97 Å². The van der Waals surface area contributed by atoms with Crippen molar-refractivity contribution in [3.8, 4) is 5.69 Å². The smallest absolute Gasteiger partial charge is 0.338 e. The van der Waals surface area contributed by atoms with Crippen molar-refractivity contribution < 1.29 is 9.53 Å². The Morgan fingerprint density at radius 1 is 1.43 bits per heavy atom. The van der Waals surface area contributed by atoms with Gasteiger partial charge in [-0.05, 0) is 35.5 Å². The number of ether oxygens (including phenoxy) is 1. The van der Waals surface area contributed by atoms with Gasteiger partial charge < -0.3 is 4.74 Å². The molecule has 7 nitrogen and oxygen atoms in total. The van der Waals surface area contributed by atoms with E-state index in [1.54, 1.807) is 37.4 Å². The molecule has 2 heterocycles. The van der Waals surface area contributed by atoms with Gasteiger partial charge in [-0.1, -0.05) is 6.07 Å². The van der Waals surface area contributed by atoms with E-state index in [0.29, 0.717) is 11.3 Å². The third-order valence-electron chi connectivity index (χ3n) is 2.78. The van der Waals surface area contributed by atoms with Crippen molar-refractivity contribution in [3.05, 3.63) is 52.7 Å². The molecule has 0 spiro atoms. The summed E-state index contributed by atoms with van der Waals surface area (Å²) >= 11 is 1.45. The maximum Gasteiger partial charge on any atom is 0.338 e. The fourth-order valence-electron chi connectivity index (χ4n) is 1.77. The molecular weight excluding hydrogens is 290 g/mol. The Bertz CT molecular complexity index is 727. The van der Waals surface area contributed by atoms with Gasteiger partial charge in [0.2, 0.25) is 0 Å². The fraction of sp³-hybridized carbons (Fsp3) is 0.154. The number of thiazole rings is 1. The summed E-state index contributed by atoms with van der Waals surface area (Å²) in [6, 6.07) is 6.91. The van der Waals surface area contributed by atoms with Gasteiger partial charge in [0, 0.05) is 11.6 Å². The number of aromatic nitrogens is 5. The summed E-state index contributed by atoms with van der Waals surface area (Å²) in [7, 11) is 0. The van der Waals surface area contributed by atoms with E-state index in [1.807, 2.05) is 5.38 Å². The molecule has 8 heteroatoms. The molecular formula is C13H11N5O2S. The highest BCUT2D eigenvalue weighted by Gasteiger charge is 2.16. The van der Waals surface area contributed by atoms with E-state index >= 15 is 0 Å². The fourth-order valence-corrected chi connectivity index (χ4v) is 2.39. The Morgan fingerprint density at radius 2 is 2.33 bits per heavy atom. The molecule has 0 radical (unpaired) electrons. The predicted octanol–water partition coefficient (Wildman–Crippen LogP) is 2.04. The van der Waals surface area contributed by atoms with Crippen LogP contribution in [0.3, 0.4) is 0 Å². The number of rotatable bonds is 4. The zero-order valence-corrected chi connectivity index (χ0v) is 11.9. The van der Waals surface area contributed by atoms with Crippen LogP contribution in [0.2, 0.25) is 0 Å². The van der Waals surface area contributed by atoms with Crippen LogP contribution in [0, 0.1) is 0 Å². The lowest BCUT2D eigenvalue weighted by atomic mass is 10.2. The molecule has 0 saturated carbocycles. The van der Waals surface area contributed by atoms with Gasteiger partial charge in [0.1, 0.15) is 11.3 Å². The molecule has 3 aromatic rings. The van der Waals surface area contributed by atoms with Gasteiger partial charge in [0.05, 0.1) is 11.3 Å². The van der Waals surface area contributed by atoms with Crippen molar-refractivity contribution >= 4 is 17.3 Å². The SMILES string of the molecule is C[C@H](OC(=O)c1cccc(-n2cnnn2)c1)c1nccs1. The molecule has 0 bridgehead atoms. The third kappa shape index (κ3) is 2.95. The zero-order valence-electron chi connectivity index (χ0n) is 11.1. The predicted molar refractivity (Wildman–Crippen MR) is 75.1 cm³/mol. The molecule has 21 heavy (non-hydrogen) atoms. The maximum absolute atomic E-state index is 12.2. The van der Waals surface area contributed by atoms with E-state index in [2.05, 4.69) is 20.5 Å². The van der Waals surface area contributed by atoms with Gasteiger partial charge >= 0.3 is 5.97 Å². The summed E-state index contributed by atoms with van der Waals surface area (Å²) in [5.41, 5.74) is 1.13. The summed E-state index contributed by atoms with van der Waals surface area (Å²) in [5, 5.41) is 13.5. The molecule has 0 N–H and O–H groups in total. The Labute approximate surface area is 124 Å². The van der Waals surface area contributed by atoms with Gasteiger partial charge in [-0.3, -0.25) is 0 Å². The van der Waals surface area contributed by atoms with Crippen LogP contribution in [0.5, 0.6) is 0 Å². The van der Waals surface area contributed by atoms with Gasteiger partial charge in [-0.2, -0.15) is 0 Å². The van der Waals surface area contributed by atoms with Crippen LogP contribution in [-0.2, 0) is 4.74 Å². The molecule has 106 valence electrons. The number of benzene rings is 1. The summed E-state index contributed by atoms with van der Waals surface area (Å²) in [4.78, 5) is 16.3. The zero-order chi connectivity index (χ0) is 14.7. The number of tetrazole rings is 1. The number of hydrogen-bond acceptors (Lipinski definition) is 7. The van der Waals surface area contributed by atoms with Crippen molar-refractivity contribution in [3.63, 3.8) is 0 Å². The van der Waals surface area contributed by atoms with Gasteiger partial charge in [0.25, 0.3) is 0 Å². The first-order valence-electron chi connectivity index (χ1n) is 6.18. The molecule has 2 aromatic heterocycles. The summed E-state index contributed by atoms with van der Waals surface area (Å²) in [6.07, 6.45) is 2.76. The van der Waals surface area contributed by atoms with Crippen LogP contribution in [-0.4, -0.2) is 31.2 Å². The van der Waals surface area contributed by atoms with Gasteiger partial charge in [-0.25, -0.2) is 14.5 Å². The standard InChI is InChI=1S/C13H11N5O2S/c1-9(12-14-5-6-21-12)20-13(19)10-3-2-4-11(7-10)18-8-15-16-17-18/h2-9H,1H3/t9-/m0/s1. The van der Waals surface area contributed by atoms with Gasteiger partial charge in [-0.15, -0.1) is 16.4 Å². The van der Waals surface area contributed by atoms with Crippen molar-refractivity contribution in [1.82, 2.24) is 25.2 Å². The lowest BCUT2D eigenvalue weighted by molar-refractivity contribution is 0.0337. The Balaban J connectivity index is 1.77. The molecule has 0 amide bonds. The number of carbonyl (C=O) groups is 1. The Kier molecular flexibility index (Phi) is 3.69. The largest absolute Gasteiger partial charge is 0.452 e. The molecule has 3 rings (SSSR count). The molecule has 0 aliphatic rings. The van der Waals surface area contributed by atoms with Crippen molar-refractivity contribution in [2.45, 2.75) is 13.0 Å². The molecule has 0 saturated heterocycles. The first kappa shape index (κ1) is 13.4. The Morgan fingerprint density at radius 3 is 3.05 bits per heavy atom. The molecule has 0 fully saturated rings. The van der Waals surface area contributed by atoms with E-state index in [9.17, 15) is 4.79 Å². The Hall–Kier alpha value is -2.61. The van der Waals surface area contributed by atoms with E-state index in [0.717, 1.165) is 5.01 Å². The summed E-state index contributed by atoms with van der Waals surface area (Å²) < 4.78 is 6.87. The molecule has 0 aliphatic carbocycles. The lowest BCUT2D eigenvalue weighted by Crippen LogP contribution is -2.09. The summed E-state index contributed by atoms with van der Waals surface area (Å²) in [5.74, 6) is -0.410. The third-order valence-corrected chi connectivity index (χ3v) is 3.72. The van der Waals surface area contributed by atoms with Crippen LogP contribution in [0.15, 0.2) is 42.2 Å². The average Bonchev–Trinajstić information content (AvgIpc) is 3.20. The van der Waals surface area contributed by atoms with Crippen LogP contribution in [0.1, 0.15) is 28.4 Å². The second kappa shape index (κ2) is 5.80. The number of hydrogen-bond donors (Lipinski definition) is 0. The first-order chi connectivity index (χ1) is 10.2. The first-order valence-corrected chi connectivity index (χ1v) is 7.06. The lowest BCUT2D eigenvalue weighted by Gasteiger charge is -2.11.